The molecule has 1 heterocycles. The summed E-state index contributed by atoms with van der Waals surface area (Å²) in [6, 6.07) is 1.85. The van der Waals surface area contributed by atoms with Crippen LogP contribution in [0.1, 0.15) is 36.0 Å². The lowest BCUT2D eigenvalue weighted by Gasteiger charge is -2.32. The van der Waals surface area contributed by atoms with Crippen molar-refractivity contribution in [3.05, 3.63) is 34.4 Å². The summed E-state index contributed by atoms with van der Waals surface area (Å²) in [6.45, 7) is -4.01. The van der Waals surface area contributed by atoms with Crippen molar-refractivity contribution in [2.45, 2.75) is 56.6 Å². The fourth-order valence-corrected chi connectivity index (χ4v) is 4.10. The molecule has 0 aliphatic heterocycles. The summed E-state index contributed by atoms with van der Waals surface area (Å²) in [5.74, 6) is -0.458. The number of nitrogens with one attached hydrogen (secondary N) is 2. The van der Waals surface area contributed by atoms with Gasteiger partial charge in [-0.15, -0.1) is 0 Å². The normalized spacial score (nSPS) is 20.4. The van der Waals surface area contributed by atoms with Crippen molar-refractivity contribution in [1.29, 1.82) is 0 Å². The van der Waals surface area contributed by atoms with Gasteiger partial charge < -0.3 is 20.5 Å². The number of aromatic nitrogens is 1. The van der Waals surface area contributed by atoms with Gasteiger partial charge in [0.15, 0.2) is 0 Å². The number of ether oxygens (including phenoxy) is 1. The Bertz CT molecular complexity index is 952. The van der Waals surface area contributed by atoms with E-state index in [4.69, 9.17) is 5.11 Å². The third-order valence-corrected chi connectivity index (χ3v) is 5.91. The third-order valence-electron chi connectivity index (χ3n) is 5.29. The van der Waals surface area contributed by atoms with E-state index in [1.54, 1.807) is 6.07 Å². The molecule has 1 atom stereocenters. The summed E-state index contributed by atoms with van der Waals surface area (Å²) >= 11 is 3.15. The zero-order valence-corrected chi connectivity index (χ0v) is 18.2. The first kappa shape index (κ1) is 24.6. The number of pyridine rings is 1. The first-order valence-corrected chi connectivity index (χ1v) is 10.6. The van der Waals surface area contributed by atoms with Gasteiger partial charge in [0.2, 0.25) is 0 Å². The number of benzene rings is 1. The van der Waals surface area contributed by atoms with Gasteiger partial charge in [-0.25, -0.2) is 0 Å². The molecule has 176 valence electrons. The molecule has 1 aromatic carbocycles. The van der Waals surface area contributed by atoms with Crippen molar-refractivity contribution in [2.24, 2.45) is 0 Å². The van der Waals surface area contributed by atoms with Crippen molar-refractivity contribution in [3.8, 4) is 5.75 Å². The quantitative estimate of drug-likeness (QED) is 0.473. The van der Waals surface area contributed by atoms with Crippen molar-refractivity contribution >= 4 is 32.7 Å². The van der Waals surface area contributed by atoms with Crippen molar-refractivity contribution in [3.63, 3.8) is 0 Å². The third kappa shape index (κ3) is 6.26. The molecule has 1 saturated carbocycles. The van der Waals surface area contributed by atoms with E-state index in [1.807, 2.05) is 0 Å². The number of carbonyl (C=O) groups excluding carboxylic acids is 1. The van der Waals surface area contributed by atoms with E-state index in [1.165, 1.54) is 18.3 Å². The Hall–Kier alpha value is -2.05. The molecule has 0 spiro atoms. The predicted octanol–water partition coefficient (Wildman–Crippen LogP) is 4.15. The number of hydrogen-bond acceptors (Lipinski definition) is 5. The van der Waals surface area contributed by atoms with Crippen LogP contribution >= 0.6 is 15.9 Å². The van der Waals surface area contributed by atoms with Crippen LogP contribution in [0, 0.1) is 0 Å². The maximum atomic E-state index is 12.8. The Kier molecular flexibility index (Phi) is 7.88. The van der Waals surface area contributed by atoms with Crippen LogP contribution in [0.2, 0.25) is 0 Å². The standard InChI is InChI=1S/C20H21BrF5N3O3/c21-14-6-10-5-11(8-27-15(10)7-16(14)32-19(22)23)18(31)29-13-3-1-12(2-4-13)28-17(9-30)20(24,25)26/h5-8,12-13,17,19,28,30H,1-4,9H2,(H,29,31)/t12-,13-,17?. The molecule has 1 amide bonds. The van der Waals surface area contributed by atoms with E-state index in [-0.39, 0.29) is 27.7 Å². The molecule has 6 nitrogen and oxygen atoms in total. The van der Waals surface area contributed by atoms with Crippen LogP contribution in [0.4, 0.5) is 22.0 Å². The summed E-state index contributed by atoms with van der Waals surface area (Å²) in [5, 5.41) is 14.8. The molecular formula is C20H21BrF5N3O3. The molecule has 12 heteroatoms. The lowest BCUT2D eigenvalue weighted by atomic mass is 9.90. The minimum atomic E-state index is -4.52. The highest BCUT2D eigenvalue weighted by atomic mass is 79.9. The minimum Gasteiger partial charge on any atom is -0.434 e. The van der Waals surface area contributed by atoms with Crippen molar-refractivity contribution in [1.82, 2.24) is 15.6 Å². The van der Waals surface area contributed by atoms with Crippen LogP contribution < -0.4 is 15.4 Å². The summed E-state index contributed by atoms with van der Waals surface area (Å²) in [4.78, 5) is 16.7. The summed E-state index contributed by atoms with van der Waals surface area (Å²) in [7, 11) is 0. The lowest BCUT2D eigenvalue weighted by molar-refractivity contribution is -0.166. The number of rotatable bonds is 7. The molecule has 1 unspecified atom stereocenters. The van der Waals surface area contributed by atoms with Crippen molar-refractivity contribution < 1.29 is 36.6 Å². The number of amides is 1. The molecule has 3 N–H and O–H groups in total. The summed E-state index contributed by atoms with van der Waals surface area (Å²) in [5.41, 5.74) is 0.639. The van der Waals surface area contributed by atoms with E-state index in [0.29, 0.717) is 36.6 Å². The lowest BCUT2D eigenvalue weighted by Crippen LogP contribution is -2.51. The van der Waals surface area contributed by atoms with Crippen molar-refractivity contribution in [2.75, 3.05) is 6.61 Å². The van der Waals surface area contributed by atoms with Gasteiger partial charge in [-0.1, -0.05) is 0 Å². The Morgan fingerprint density at radius 1 is 1.19 bits per heavy atom. The number of fused-ring (bicyclic) bond motifs is 1. The number of halogens is 6. The number of nitrogens with zero attached hydrogens (tertiary/aromatic N) is 1. The molecule has 3 rings (SSSR count). The van der Waals surface area contributed by atoms with E-state index < -0.39 is 31.5 Å². The number of aliphatic hydroxyl groups is 1. The second-order valence-corrected chi connectivity index (χ2v) is 8.40. The second kappa shape index (κ2) is 10.3. The maximum absolute atomic E-state index is 12.8. The molecule has 0 radical (unpaired) electrons. The first-order chi connectivity index (χ1) is 15.1. The zero-order chi connectivity index (χ0) is 23.5. The molecule has 0 bridgehead atoms. The molecular weight excluding hydrogens is 505 g/mol. The van der Waals surface area contributed by atoms with Crippen LogP contribution in [0.15, 0.2) is 28.9 Å². The Morgan fingerprint density at radius 3 is 2.44 bits per heavy atom. The summed E-state index contributed by atoms with van der Waals surface area (Å²) in [6.07, 6.45) is -1.38. The smallest absolute Gasteiger partial charge is 0.406 e. The highest BCUT2D eigenvalue weighted by Crippen LogP contribution is 2.31. The SMILES string of the molecule is O=C(N[C@H]1CC[C@H](NC(CO)C(F)(F)F)CC1)c1cnc2cc(OC(F)F)c(Br)cc2c1. The van der Waals surface area contributed by atoms with Gasteiger partial charge in [-0.05, 0) is 53.7 Å². The first-order valence-electron chi connectivity index (χ1n) is 9.85. The van der Waals surface area contributed by atoms with Gasteiger partial charge >= 0.3 is 12.8 Å². The predicted molar refractivity (Wildman–Crippen MR) is 110 cm³/mol. The largest absolute Gasteiger partial charge is 0.434 e. The topological polar surface area (TPSA) is 83.5 Å². The molecule has 0 saturated heterocycles. The number of hydrogen-bond donors (Lipinski definition) is 3. The molecule has 32 heavy (non-hydrogen) atoms. The molecule has 1 aliphatic rings. The van der Waals surface area contributed by atoms with Crippen LogP contribution in [0.5, 0.6) is 5.75 Å². The number of alkyl halides is 5. The Labute approximate surface area is 188 Å². The molecule has 2 aromatic rings. The number of carbonyl (C=O) groups is 1. The van der Waals surface area contributed by atoms with E-state index in [2.05, 4.69) is 36.3 Å². The van der Waals surface area contributed by atoms with Crippen LogP contribution in [0.25, 0.3) is 10.9 Å². The highest BCUT2D eigenvalue weighted by Gasteiger charge is 2.40. The summed E-state index contributed by atoms with van der Waals surface area (Å²) < 4.78 is 68.0. The van der Waals surface area contributed by atoms with E-state index in [0.717, 1.165) is 0 Å². The highest BCUT2D eigenvalue weighted by molar-refractivity contribution is 9.10. The second-order valence-electron chi connectivity index (χ2n) is 7.54. The van der Waals surface area contributed by atoms with E-state index in [9.17, 15) is 26.7 Å². The zero-order valence-electron chi connectivity index (χ0n) is 16.6. The average molecular weight is 526 g/mol. The van der Waals surface area contributed by atoms with Gasteiger partial charge in [-0.2, -0.15) is 22.0 Å². The van der Waals surface area contributed by atoms with Gasteiger partial charge in [0.25, 0.3) is 5.91 Å². The van der Waals surface area contributed by atoms with Crippen LogP contribution in [0.3, 0.4) is 0 Å². The average Bonchev–Trinajstić information content (AvgIpc) is 2.72. The van der Waals surface area contributed by atoms with Gasteiger partial charge in [-0.3, -0.25) is 9.78 Å². The molecule has 1 aliphatic carbocycles. The fourth-order valence-electron chi connectivity index (χ4n) is 3.65. The fraction of sp³-hybridized carbons (Fsp3) is 0.500. The maximum Gasteiger partial charge on any atom is 0.406 e. The monoisotopic (exact) mass is 525 g/mol. The molecule has 1 aromatic heterocycles. The van der Waals surface area contributed by atoms with E-state index >= 15 is 0 Å². The van der Waals surface area contributed by atoms with Crippen LogP contribution in [-0.2, 0) is 0 Å². The van der Waals surface area contributed by atoms with Gasteiger partial charge in [0.1, 0.15) is 11.8 Å². The Balaban J connectivity index is 1.59. The number of aliphatic hydroxyl groups excluding tert-OH is 1. The Morgan fingerprint density at radius 2 is 1.84 bits per heavy atom. The van der Waals surface area contributed by atoms with Crippen LogP contribution in [-0.4, -0.2) is 53.5 Å². The minimum absolute atomic E-state index is 0.0727. The van der Waals surface area contributed by atoms with Gasteiger partial charge in [0.05, 0.1) is 22.2 Å². The van der Waals surface area contributed by atoms with Gasteiger partial charge in [0, 0.05) is 29.7 Å². The molecule has 1 fully saturated rings.